The summed E-state index contributed by atoms with van der Waals surface area (Å²) in [7, 11) is -2.98. The first-order valence-corrected chi connectivity index (χ1v) is 7.07. The summed E-state index contributed by atoms with van der Waals surface area (Å²) >= 11 is 0. The third kappa shape index (κ3) is 3.16. The van der Waals surface area contributed by atoms with E-state index in [1.807, 2.05) is 0 Å². The van der Waals surface area contributed by atoms with Crippen LogP contribution in [0.5, 0.6) is 0 Å². The fourth-order valence-electron chi connectivity index (χ4n) is 1.79. The molecule has 90 valence electrons. The Bertz CT molecular complexity index is 292. The first-order chi connectivity index (χ1) is 6.89. The second-order valence-corrected chi connectivity index (χ2v) is 7.46. The molecule has 0 amide bonds. The number of morpholine rings is 1. The van der Waals surface area contributed by atoms with Crippen LogP contribution in [-0.2, 0) is 14.6 Å². The first-order valence-electron chi connectivity index (χ1n) is 5.41. The number of hydrogen-bond donors (Lipinski definition) is 0. The van der Waals surface area contributed by atoms with Crippen molar-refractivity contribution in [1.82, 2.24) is 4.90 Å². The Balaban J connectivity index is 2.62. The van der Waals surface area contributed by atoms with Gasteiger partial charge in [0.2, 0.25) is 0 Å². The molecule has 1 aliphatic rings. The second kappa shape index (κ2) is 4.80. The summed E-state index contributed by atoms with van der Waals surface area (Å²) in [6.45, 7) is 9.02. The van der Waals surface area contributed by atoms with Crippen LogP contribution in [0.3, 0.4) is 0 Å². The van der Waals surface area contributed by atoms with Crippen LogP contribution >= 0.6 is 0 Å². The Morgan fingerprint density at radius 3 is 2.27 bits per heavy atom. The summed E-state index contributed by atoms with van der Waals surface area (Å²) in [5, 5.41) is 0. The lowest BCUT2D eigenvalue weighted by atomic mass is 10.2. The van der Waals surface area contributed by atoms with E-state index >= 15 is 0 Å². The van der Waals surface area contributed by atoms with E-state index in [1.165, 1.54) is 0 Å². The van der Waals surface area contributed by atoms with Crippen LogP contribution in [0.4, 0.5) is 0 Å². The fourth-order valence-corrected chi connectivity index (χ4v) is 2.95. The molecule has 0 N–H and O–H groups in total. The van der Waals surface area contributed by atoms with Crippen molar-refractivity contribution in [3.63, 3.8) is 0 Å². The molecule has 1 heterocycles. The molecule has 0 bridgehead atoms. The Labute approximate surface area is 92.5 Å². The van der Waals surface area contributed by atoms with Crippen molar-refractivity contribution in [2.45, 2.75) is 25.5 Å². The zero-order valence-corrected chi connectivity index (χ0v) is 10.6. The molecule has 0 saturated carbocycles. The van der Waals surface area contributed by atoms with Gasteiger partial charge < -0.3 is 4.74 Å². The van der Waals surface area contributed by atoms with E-state index < -0.39 is 14.6 Å². The summed E-state index contributed by atoms with van der Waals surface area (Å²) in [6.07, 6.45) is 0. The molecule has 1 rings (SSSR count). The maximum Gasteiger partial charge on any atom is 0.156 e. The zero-order valence-electron chi connectivity index (χ0n) is 9.82. The fraction of sp³-hybridized carbons (Fsp3) is 1.00. The third-order valence-corrected chi connectivity index (χ3v) is 5.50. The lowest BCUT2D eigenvalue weighted by molar-refractivity contribution is 0.0345. The van der Waals surface area contributed by atoms with Crippen molar-refractivity contribution >= 4 is 9.84 Å². The van der Waals surface area contributed by atoms with E-state index in [-0.39, 0.29) is 5.75 Å². The normalized spacial score (nSPS) is 20.5. The first kappa shape index (κ1) is 12.9. The van der Waals surface area contributed by atoms with Gasteiger partial charge in [-0.1, -0.05) is 6.92 Å². The highest BCUT2D eigenvalue weighted by atomic mass is 32.2. The largest absolute Gasteiger partial charge is 0.379 e. The van der Waals surface area contributed by atoms with Gasteiger partial charge in [0.1, 0.15) is 0 Å². The minimum Gasteiger partial charge on any atom is -0.379 e. The van der Waals surface area contributed by atoms with E-state index in [4.69, 9.17) is 4.74 Å². The Morgan fingerprint density at radius 2 is 1.80 bits per heavy atom. The molecule has 4 nitrogen and oxygen atoms in total. The van der Waals surface area contributed by atoms with Gasteiger partial charge in [-0.3, -0.25) is 4.90 Å². The van der Waals surface area contributed by atoms with Crippen molar-refractivity contribution in [2.75, 3.05) is 38.6 Å². The third-order valence-electron chi connectivity index (χ3n) is 2.93. The zero-order chi connectivity index (χ0) is 11.5. The SMILES string of the molecule is CCS(=O)(=O)C(C)(C)CN1CCOCC1. The van der Waals surface area contributed by atoms with Gasteiger partial charge >= 0.3 is 0 Å². The molecule has 5 heteroatoms. The van der Waals surface area contributed by atoms with Crippen molar-refractivity contribution in [3.05, 3.63) is 0 Å². The van der Waals surface area contributed by atoms with E-state index in [0.717, 1.165) is 13.1 Å². The van der Waals surface area contributed by atoms with Crippen LogP contribution in [0.15, 0.2) is 0 Å². The molecular formula is C10H21NO3S. The summed E-state index contributed by atoms with van der Waals surface area (Å²) in [6, 6.07) is 0. The minimum atomic E-state index is -2.98. The van der Waals surface area contributed by atoms with Gasteiger partial charge in [-0.2, -0.15) is 0 Å². The van der Waals surface area contributed by atoms with Gasteiger partial charge in [0.25, 0.3) is 0 Å². The lowest BCUT2D eigenvalue weighted by Crippen LogP contribution is -2.48. The molecular weight excluding hydrogens is 214 g/mol. The van der Waals surface area contributed by atoms with Crippen LogP contribution in [-0.4, -0.2) is 56.7 Å². The van der Waals surface area contributed by atoms with Gasteiger partial charge in [-0.05, 0) is 13.8 Å². The van der Waals surface area contributed by atoms with E-state index in [2.05, 4.69) is 4.90 Å². The molecule has 0 aromatic heterocycles. The summed E-state index contributed by atoms with van der Waals surface area (Å²) in [5.74, 6) is 0.213. The monoisotopic (exact) mass is 235 g/mol. The molecule has 0 aromatic carbocycles. The molecule has 0 aromatic rings. The van der Waals surface area contributed by atoms with Crippen molar-refractivity contribution in [3.8, 4) is 0 Å². The molecule has 0 unspecified atom stereocenters. The van der Waals surface area contributed by atoms with E-state index in [1.54, 1.807) is 20.8 Å². The molecule has 0 radical (unpaired) electrons. The standard InChI is InChI=1S/C10H21NO3S/c1-4-15(12,13)10(2,3)9-11-5-7-14-8-6-11/h4-9H2,1-3H3. The number of sulfone groups is 1. The molecule has 0 aliphatic carbocycles. The maximum absolute atomic E-state index is 11.8. The molecule has 0 atom stereocenters. The summed E-state index contributed by atoms with van der Waals surface area (Å²) < 4.78 is 28.3. The van der Waals surface area contributed by atoms with E-state index in [0.29, 0.717) is 19.8 Å². The number of hydrogen-bond acceptors (Lipinski definition) is 4. The van der Waals surface area contributed by atoms with Crippen LogP contribution in [0.25, 0.3) is 0 Å². The highest BCUT2D eigenvalue weighted by molar-refractivity contribution is 7.92. The van der Waals surface area contributed by atoms with Crippen LogP contribution in [0, 0.1) is 0 Å². The van der Waals surface area contributed by atoms with Gasteiger partial charge in [0.15, 0.2) is 9.84 Å². The molecule has 1 fully saturated rings. The van der Waals surface area contributed by atoms with E-state index in [9.17, 15) is 8.42 Å². The predicted molar refractivity (Wildman–Crippen MR) is 60.8 cm³/mol. The summed E-state index contributed by atoms with van der Waals surface area (Å²) in [5.41, 5.74) is 0. The predicted octanol–water partition coefficient (Wildman–Crippen LogP) is 0.532. The molecule has 1 aliphatic heterocycles. The number of ether oxygens (including phenoxy) is 1. The summed E-state index contributed by atoms with van der Waals surface area (Å²) in [4.78, 5) is 2.16. The highest BCUT2D eigenvalue weighted by Gasteiger charge is 2.34. The Hall–Kier alpha value is -0.130. The Kier molecular flexibility index (Phi) is 4.14. The van der Waals surface area contributed by atoms with Crippen molar-refractivity contribution in [2.24, 2.45) is 0 Å². The minimum absolute atomic E-state index is 0.213. The van der Waals surface area contributed by atoms with Gasteiger partial charge in [0, 0.05) is 25.4 Å². The smallest absolute Gasteiger partial charge is 0.156 e. The van der Waals surface area contributed by atoms with Crippen molar-refractivity contribution in [1.29, 1.82) is 0 Å². The molecule has 15 heavy (non-hydrogen) atoms. The lowest BCUT2D eigenvalue weighted by Gasteiger charge is -2.34. The van der Waals surface area contributed by atoms with Crippen molar-refractivity contribution < 1.29 is 13.2 Å². The van der Waals surface area contributed by atoms with Crippen LogP contribution in [0.2, 0.25) is 0 Å². The van der Waals surface area contributed by atoms with Gasteiger partial charge in [-0.15, -0.1) is 0 Å². The Morgan fingerprint density at radius 1 is 1.27 bits per heavy atom. The molecule has 1 saturated heterocycles. The topological polar surface area (TPSA) is 46.6 Å². The number of rotatable bonds is 4. The average Bonchev–Trinajstić information content (AvgIpc) is 2.18. The van der Waals surface area contributed by atoms with Crippen LogP contribution < -0.4 is 0 Å². The van der Waals surface area contributed by atoms with Gasteiger partial charge in [-0.25, -0.2) is 8.42 Å². The maximum atomic E-state index is 11.8. The second-order valence-electron chi connectivity index (χ2n) is 4.55. The quantitative estimate of drug-likeness (QED) is 0.713. The average molecular weight is 235 g/mol. The highest BCUT2D eigenvalue weighted by Crippen LogP contribution is 2.19. The number of nitrogens with zero attached hydrogens (tertiary/aromatic N) is 1. The molecule has 0 spiro atoms. The van der Waals surface area contributed by atoms with Gasteiger partial charge in [0.05, 0.1) is 18.0 Å². The van der Waals surface area contributed by atoms with Crippen LogP contribution in [0.1, 0.15) is 20.8 Å².